The van der Waals surface area contributed by atoms with Crippen molar-refractivity contribution >= 4 is 5.91 Å². The maximum Gasteiger partial charge on any atom is 0.224 e. The monoisotopic (exact) mass is 269 g/mol. The fraction of sp³-hybridized carbons (Fsp3) is 0.235. The number of hydrogen-bond acceptors (Lipinski definition) is 2. The van der Waals surface area contributed by atoms with Crippen LogP contribution < -0.4 is 5.32 Å². The summed E-state index contributed by atoms with van der Waals surface area (Å²) >= 11 is 0. The van der Waals surface area contributed by atoms with Crippen LogP contribution in [0.3, 0.4) is 0 Å². The fourth-order valence-electron chi connectivity index (χ4n) is 2.03. The number of hydrogen-bond donors (Lipinski definition) is 2. The first kappa shape index (κ1) is 14.1. The lowest BCUT2D eigenvalue weighted by molar-refractivity contribution is -0.120. The second kappa shape index (κ2) is 7.34. The molecule has 104 valence electrons. The Balaban J connectivity index is 1.66. The summed E-state index contributed by atoms with van der Waals surface area (Å²) in [6, 6.07) is 17.0. The SMILES string of the molecule is O=C(Cc1ccc(O)cc1)NCCCc1ccccc1. The molecule has 2 aromatic rings. The molecule has 0 saturated heterocycles. The predicted molar refractivity (Wildman–Crippen MR) is 79.6 cm³/mol. The van der Waals surface area contributed by atoms with Gasteiger partial charge in [-0.3, -0.25) is 4.79 Å². The van der Waals surface area contributed by atoms with Gasteiger partial charge in [0.2, 0.25) is 5.91 Å². The van der Waals surface area contributed by atoms with Gasteiger partial charge in [-0.15, -0.1) is 0 Å². The molecular formula is C17H19NO2. The second-order valence-electron chi connectivity index (χ2n) is 4.78. The third-order valence-corrected chi connectivity index (χ3v) is 3.11. The van der Waals surface area contributed by atoms with Crippen molar-refractivity contribution in [2.24, 2.45) is 0 Å². The molecule has 3 nitrogen and oxygen atoms in total. The van der Waals surface area contributed by atoms with E-state index in [0.29, 0.717) is 13.0 Å². The Hall–Kier alpha value is -2.29. The van der Waals surface area contributed by atoms with Crippen LogP contribution in [0.2, 0.25) is 0 Å². The zero-order chi connectivity index (χ0) is 14.2. The Morgan fingerprint density at radius 2 is 1.65 bits per heavy atom. The van der Waals surface area contributed by atoms with Gasteiger partial charge in [-0.05, 0) is 36.1 Å². The first-order chi connectivity index (χ1) is 9.74. The molecule has 0 atom stereocenters. The maximum atomic E-state index is 11.7. The zero-order valence-corrected chi connectivity index (χ0v) is 11.4. The summed E-state index contributed by atoms with van der Waals surface area (Å²) < 4.78 is 0. The minimum atomic E-state index is 0.0174. The zero-order valence-electron chi connectivity index (χ0n) is 11.4. The Bertz CT molecular complexity index is 535. The van der Waals surface area contributed by atoms with Gasteiger partial charge in [-0.1, -0.05) is 42.5 Å². The number of aromatic hydroxyl groups is 1. The molecule has 0 radical (unpaired) electrons. The van der Waals surface area contributed by atoms with Crippen molar-refractivity contribution in [3.8, 4) is 5.75 Å². The Kier molecular flexibility index (Phi) is 5.18. The number of benzene rings is 2. The molecule has 2 N–H and O–H groups in total. The Labute approximate surface area is 119 Å². The summed E-state index contributed by atoms with van der Waals surface area (Å²) in [4.78, 5) is 11.7. The van der Waals surface area contributed by atoms with Gasteiger partial charge >= 0.3 is 0 Å². The molecule has 1 amide bonds. The molecule has 0 heterocycles. The van der Waals surface area contributed by atoms with Crippen LogP contribution in [0.25, 0.3) is 0 Å². The summed E-state index contributed by atoms with van der Waals surface area (Å²) in [5, 5.41) is 12.1. The molecule has 2 aromatic carbocycles. The molecule has 0 aliphatic rings. The van der Waals surface area contributed by atoms with Crippen molar-refractivity contribution in [3.63, 3.8) is 0 Å². The van der Waals surface area contributed by atoms with Crippen LogP contribution in [0, 0.1) is 0 Å². The van der Waals surface area contributed by atoms with Gasteiger partial charge in [0.05, 0.1) is 6.42 Å². The van der Waals surface area contributed by atoms with E-state index >= 15 is 0 Å². The number of phenolic OH excluding ortho intramolecular Hbond substituents is 1. The van der Waals surface area contributed by atoms with E-state index < -0.39 is 0 Å². The van der Waals surface area contributed by atoms with Gasteiger partial charge in [-0.25, -0.2) is 0 Å². The van der Waals surface area contributed by atoms with Crippen molar-refractivity contribution in [3.05, 3.63) is 65.7 Å². The molecule has 0 saturated carbocycles. The third kappa shape index (κ3) is 4.76. The summed E-state index contributed by atoms with van der Waals surface area (Å²) in [6.07, 6.45) is 2.26. The minimum absolute atomic E-state index is 0.0174. The Morgan fingerprint density at radius 1 is 0.950 bits per heavy atom. The second-order valence-corrected chi connectivity index (χ2v) is 4.78. The highest BCUT2D eigenvalue weighted by Crippen LogP contribution is 2.09. The average Bonchev–Trinajstić information content (AvgIpc) is 2.47. The first-order valence-corrected chi connectivity index (χ1v) is 6.82. The highest BCUT2D eigenvalue weighted by atomic mass is 16.3. The van der Waals surface area contributed by atoms with Crippen LogP contribution in [-0.4, -0.2) is 17.6 Å². The van der Waals surface area contributed by atoms with Crippen LogP contribution >= 0.6 is 0 Å². The first-order valence-electron chi connectivity index (χ1n) is 6.82. The van der Waals surface area contributed by atoms with E-state index in [4.69, 9.17) is 0 Å². The third-order valence-electron chi connectivity index (χ3n) is 3.11. The molecule has 0 spiro atoms. The van der Waals surface area contributed by atoms with Crippen LogP contribution in [-0.2, 0) is 17.6 Å². The molecule has 20 heavy (non-hydrogen) atoms. The molecule has 2 rings (SSSR count). The van der Waals surface area contributed by atoms with E-state index in [0.717, 1.165) is 18.4 Å². The van der Waals surface area contributed by atoms with E-state index in [9.17, 15) is 9.90 Å². The van der Waals surface area contributed by atoms with E-state index in [2.05, 4.69) is 17.4 Å². The van der Waals surface area contributed by atoms with Crippen molar-refractivity contribution in [1.29, 1.82) is 0 Å². The summed E-state index contributed by atoms with van der Waals surface area (Å²) in [6.45, 7) is 0.686. The van der Waals surface area contributed by atoms with E-state index in [-0.39, 0.29) is 11.7 Å². The minimum Gasteiger partial charge on any atom is -0.508 e. The predicted octanol–water partition coefficient (Wildman–Crippen LogP) is 2.68. The number of nitrogens with one attached hydrogen (secondary N) is 1. The molecule has 0 unspecified atom stereocenters. The van der Waals surface area contributed by atoms with Crippen LogP contribution in [0.15, 0.2) is 54.6 Å². The van der Waals surface area contributed by atoms with Gasteiger partial charge in [0.1, 0.15) is 5.75 Å². The highest BCUT2D eigenvalue weighted by molar-refractivity contribution is 5.78. The van der Waals surface area contributed by atoms with Crippen LogP contribution in [0.4, 0.5) is 0 Å². The largest absolute Gasteiger partial charge is 0.508 e. The molecule has 0 fully saturated rings. The number of phenols is 1. The van der Waals surface area contributed by atoms with E-state index in [1.165, 1.54) is 5.56 Å². The number of amides is 1. The number of rotatable bonds is 6. The lowest BCUT2D eigenvalue weighted by Crippen LogP contribution is -2.26. The van der Waals surface area contributed by atoms with Gasteiger partial charge in [-0.2, -0.15) is 0 Å². The molecule has 0 bridgehead atoms. The average molecular weight is 269 g/mol. The van der Waals surface area contributed by atoms with Crippen LogP contribution in [0.5, 0.6) is 5.75 Å². The molecule has 0 aliphatic carbocycles. The van der Waals surface area contributed by atoms with Crippen molar-refractivity contribution < 1.29 is 9.90 Å². The van der Waals surface area contributed by atoms with Crippen LogP contribution in [0.1, 0.15) is 17.5 Å². The van der Waals surface area contributed by atoms with Gasteiger partial charge in [0, 0.05) is 6.54 Å². The number of aryl methyl sites for hydroxylation is 1. The lowest BCUT2D eigenvalue weighted by Gasteiger charge is -2.05. The van der Waals surface area contributed by atoms with E-state index in [1.54, 1.807) is 24.3 Å². The molecule has 3 heteroatoms. The number of carbonyl (C=O) groups is 1. The van der Waals surface area contributed by atoms with E-state index in [1.807, 2.05) is 18.2 Å². The van der Waals surface area contributed by atoms with Crippen molar-refractivity contribution in [2.75, 3.05) is 6.54 Å². The summed E-state index contributed by atoms with van der Waals surface area (Å²) in [5.74, 6) is 0.237. The van der Waals surface area contributed by atoms with Crippen molar-refractivity contribution in [2.45, 2.75) is 19.3 Å². The quantitative estimate of drug-likeness (QED) is 0.792. The molecule has 0 aromatic heterocycles. The topological polar surface area (TPSA) is 49.3 Å². The normalized spacial score (nSPS) is 10.2. The fourth-order valence-corrected chi connectivity index (χ4v) is 2.03. The van der Waals surface area contributed by atoms with Crippen molar-refractivity contribution in [1.82, 2.24) is 5.32 Å². The summed E-state index contributed by atoms with van der Waals surface area (Å²) in [7, 11) is 0. The highest BCUT2D eigenvalue weighted by Gasteiger charge is 2.02. The van der Waals surface area contributed by atoms with Gasteiger partial charge < -0.3 is 10.4 Å². The summed E-state index contributed by atoms with van der Waals surface area (Å²) in [5.41, 5.74) is 2.20. The smallest absolute Gasteiger partial charge is 0.224 e. The molecular weight excluding hydrogens is 250 g/mol. The van der Waals surface area contributed by atoms with Gasteiger partial charge in [0.25, 0.3) is 0 Å². The number of carbonyl (C=O) groups excluding carboxylic acids is 1. The van der Waals surface area contributed by atoms with Gasteiger partial charge in [0.15, 0.2) is 0 Å². The standard InChI is InChI=1S/C17H19NO2/c19-16-10-8-15(9-11-16)13-17(20)18-12-4-7-14-5-2-1-3-6-14/h1-3,5-6,8-11,19H,4,7,12-13H2,(H,18,20). The molecule has 0 aliphatic heterocycles. The Morgan fingerprint density at radius 3 is 2.35 bits per heavy atom. The lowest BCUT2D eigenvalue weighted by atomic mass is 10.1. The maximum absolute atomic E-state index is 11.7.